The number of hydrogen-bond acceptors (Lipinski definition) is 3. The molecular formula is C23H38IN5O. The van der Waals surface area contributed by atoms with Crippen molar-refractivity contribution in [2.75, 3.05) is 13.1 Å². The normalized spacial score (nSPS) is 12.2. The highest BCUT2D eigenvalue weighted by molar-refractivity contribution is 14.0. The first-order valence-electron chi connectivity index (χ1n) is 10.8. The van der Waals surface area contributed by atoms with Crippen LogP contribution < -0.4 is 15.4 Å². The number of nitrogens with one attached hydrogen (secondary N) is 2. The van der Waals surface area contributed by atoms with Gasteiger partial charge in [0.05, 0.1) is 12.6 Å². The van der Waals surface area contributed by atoms with Gasteiger partial charge < -0.3 is 19.9 Å². The Labute approximate surface area is 198 Å². The second-order valence-corrected chi connectivity index (χ2v) is 7.44. The summed E-state index contributed by atoms with van der Waals surface area (Å²) in [7, 11) is 0. The minimum atomic E-state index is 0. The van der Waals surface area contributed by atoms with E-state index in [-0.39, 0.29) is 30.1 Å². The van der Waals surface area contributed by atoms with Crippen molar-refractivity contribution in [2.24, 2.45) is 4.99 Å². The molecule has 1 atom stereocenters. The minimum Gasteiger partial charge on any atom is -0.490 e. The molecule has 0 amide bonds. The van der Waals surface area contributed by atoms with Crippen LogP contribution in [0, 0.1) is 13.8 Å². The minimum absolute atomic E-state index is 0. The first kappa shape index (κ1) is 26.3. The van der Waals surface area contributed by atoms with E-state index < -0.39 is 0 Å². The molecule has 7 heteroatoms. The van der Waals surface area contributed by atoms with E-state index in [1.807, 2.05) is 19.3 Å². The second kappa shape index (κ2) is 14.3. The summed E-state index contributed by atoms with van der Waals surface area (Å²) >= 11 is 0. The summed E-state index contributed by atoms with van der Waals surface area (Å²) in [5.74, 6) is 2.86. The Bertz CT molecular complexity index is 775. The Morgan fingerprint density at radius 1 is 1.20 bits per heavy atom. The van der Waals surface area contributed by atoms with Crippen LogP contribution in [0.1, 0.15) is 57.0 Å². The van der Waals surface area contributed by atoms with Crippen molar-refractivity contribution in [3.05, 3.63) is 47.5 Å². The number of aliphatic imine (C=N–C) groups is 1. The Kier molecular flexibility index (Phi) is 12.5. The van der Waals surface area contributed by atoms with Crippen LogP contribution in [0.2, 0.25) is 0 Å². The van der Waals surface area contributed by atoms with Crippen LogP contribution in [-0.4, -0.2) is 34.7 Å². The van der Waals surface area contributed by atoms with Gasteiger partial charge in [-0.15, -0.1) is 24.0 Å². The Hall–Kier alpha value is -1.77. The number of aromatic nitrogens is 2. The van der Waals surface area contributed by atoms with Crippen molar-refractivity contribution in [1.82, 2.24) is 20.2 Å². The number of benzene rings is 1. The monoisotopic (exact) mass is 527 g/mol. The van der Waals surface area contributed by atoms with Crippen molar-refractivity contribution in [1.29, 1.82) is 0 Å². The number of imidazole rings is 1. The first-order valence-corrected chi connectivity index (χ1v) is 10.8. The lowest BCUT2D eigenvalue weighted by Crippen LogP contribution is -2.37. The maximum atomic E-state index is 6.11. The summed E-state index contributed by atoms with van der Waals surface area (Å²) in [4.78, 5) is 9.03. The molecule has 2 rings (SSSR count). The molecular weight excluding hydrogens is 489 g/mol. The molecule has 0 saturated heterocycles. The summed E-state index contributed by atoms with van der Waals surface area (Å²) in [5, 5.41) is 6.77. The van der Waals surface area contributed by atoms with Gasteiger partial charge in [-0.1, -0.05) is 19.1 Å². The van der Waals surface area contributed by atoms with Crippen molar-refractivity contribution in [3.63, 3.8) is 0 Å². The molecule has 2 N–H and O–H groups in total. The fraction of sp³-hybridized carbons (Fsp3) is 0.565. The van der Waals surface area contributed by atoms with Crippen LogP contribution in [0.3, 0.4) is 0 Å². The molecule has 1 aromatic carbocycles. The number of unbranched alkanes of at least 4 members (excludes halogenated alkanes) is 1. The van der Waals surface area contributed by atoms with Gasteiger partial charge in [-0.2, -0.15) is 0 Å². The number of ether oxygens (including phenoxy) is 1. The molecule has 0 fully saturated rings. The lowest BCUT2D eigenvalue weighted by Gasteiger charge is -2.17. The molecule has 0 aliphatic carbocycles. The smallest absolute Gasteiger partial charge is 0.191 e. The lowest BCUT2D eigenvalue weighted by atomic mass is 10.1. The number of hydrogen-bond donors (Lipinski definition) is 2. The third-order valence-corrected chi connectivity index (χ3v) is 4.92. The summed E-state index contributed by atoms with van der Waals surface area (Å²) in [6, 6.07) is 6.34. The predicted octanol–water partition coefficient (Wildman–Crippen LogP) is 4.83. The van der Waals surface area contributed by atoms with Crippen molar-refractivity contribution < 1.29 is 4.74 Å². The van der Waals surface area contributed by atoms with Crippen molar-refractivity contribution >= 4 is 29.9 Å². The molecule has 0 spiro atoms. The standard InChI is InChI=1S/C23H37N5O.HI/c1-6-19(4)29-22-16-18(3)10-11-21(22)17-27-23(24-7-2)26-12-8-9-14-28-15-13-25-20(28)5;/h10-11,13,15-16,19H,6-9,12,14,17H2,1-5H3,(H2,24,26,27);1H. The molecule has 0 radical (unpaired) electrons. The number of aryl methyl sites for hydroxylation is 3. The van der Waals surface area contributed by atoms with Crippen LogP contribution in [-0.2, 0) is 13.1 Å². The van der Waals surface area contributed by atoms with Gasteiger partial charge in [0.25, 0.3) is 0 Å². The third kappa shape index (κ3) is 8.93. The number of rotatable bonds is 11. The molecule has 1 unspecified atom stereocenters. The van der Waals surface area contributed by atoms with E-state index in [4.69, 9.17) is 9.73 Å². The van der Waals surface area contributed by atoms with Gasteiger partial charge >= 0.3 is 0 Å². The summed E-state index contributed by atoms with van der Waals surface area (Å²) in [6.45, 7) is 13.8. The van der Waals surface area contributed by atoms with Crippen LogP contribution >= 0.6 is 24.0 Å². The van der Waals surface area contributed by atoms with Crippen LogP contribution in [0.25, 0.3) is 0 Å². The molecule has 168 valence electrons. The van der Waals surface area contributed by atoms with Crippen LogP contribution in [0.15, 0.2) is 35.6 Å². The lowest BCUT2D eigenvalue weighted by molar-refractivity contribution is 0.215. The highest BCUT2D eigenvalue weighted by Crippen LogP contribution is 2.23. The molecule has 1 heterocycles. The van der Waals surface area contributed by atoms with E-state index in [2.05, 4.69) is 66.1 Å². The van der Waals surface area contributed by atoms with Gasteiger partial charge in [0, 0.05) is 37.6 Å². The number of guanidine groups is 1. The average molecular weight is 527 g/mol. The number of halogens is 1. The third-order valence-electron chi connectivity index (χ3n) is 4.92. The maximum Gasteiger partial charge on any atom is 0.191 e. The zero-order valence-electron chi connectivity index (χ0n) is 19.1. The van der Waals surface area contributed by atoms with Gasteiger partial charge in [0.2, 0.25) is 0 Å². The van der Waals surface area contributed by atoms with Crippen molar-refractivity contribution in [3.8, 4) is 5.75 Å². The first-order chi connectivity index (χ1) is 14.0. The van der Waals surface area contributed by atoms with Crippen molar-refractivity contribution in [2.45, 2.75) is 73.1 Å². The summed E-state index contributed by atoms with van der Waals surface area (Å²) in [6.07, 6.45) is 7.26. The van der Waals surface area contributed by atoms with Gasteiger partial charge in [-0.25, -0.2) is 9.98 Å². The second-order valence-electron chi connectivity index (χ2n) is 7.44. The summed E-state index contributed by atoms with van der Waals surface area (Å²) < 4.78 is 8.30. The molecule has 0 aliphatic heterocycles. The van der Waals surface area contributed by atoms with Gasteiger partial charge in [0.15, 0.2) is 5.96 Å². The highest BCUT2D eigenvalue weighted by atomic mass is 127. The van der Waals surface area contributed by atoms with Crippen LogP contribution in [0.4, 0.5) is 0 Å². The zero-order chi connectivity index (χ0) is 21.1. The Balaban J connectivity index is 0.00000450. The summed E-state index contributed by atoms with van der Waals surface area (Å²) in [5.41, 5.74) is 2.32. The van der Waals surface area contributed by atoms with Crippen LogP contribution in [0.5, 0.6) is 5.75 Å². The molecule has 0 aliphatic rings. The van der Waals surface area contributed by atoms with E-state index >= 15 is 0 Å². The van der Waals surface area contributed by atoms with Gasteiger partial charge in [0.1, 0.15) is 11.6 Å². The Morgan fingerprint density at radius 3 is 2.67 bits per heavy atom. The zero-order valence-corrected chi connectivity index (χ0v) is 21.4. The van der Waals surface area contributed by atoms with E-state index in [0.29, 0.717) is 6.54 Å². The van der Waals surface area contributed by atoms with E-state index in [1.54, 1.807) is 0 Å². The molecule has 6 nitrogen and oxygen atoms in total. The average Bonchev–Trinajstić information content (AvgIpc) is 3.11. The molecule has 2 aromatic rings. The fourth-order valence-electron chi connectivity index (χ4n) is 2.96. The molecule has 0 bridgehead atoms. The van der Waals surface area contributed by atoms with E-state index in [1.165, 1.54) is 5.56 Å². The van der Waals surface area contributed by atoms with Gasteiger partial charge in [-0.05, 0) is 58.6 Å². The van der Waals surface area contributed by atoms with Gasteiger partial charge in [-0.3, -0.25) is 0 Å². The number of nitrogens with zero attached hydrogens (tertiary/aromatic N) is 3. The largest absolute Gasteiger partial charge is 0.490 e. The Morgan fingerprint density at radius 2 is 2.00 bits per heavy atom. The molecule has 0 saturated carbocycles. The predicted molar refractivity (Wildman–Crippen MR) is 136 cm³/mol. The molecule has 1 aromatic heterocycles. The quantitative estimate of drug-likeness (QED) is 0.190. The topological polar surface area (TPSA) is 63.5 Å². The molecule has 30 heavy (non-hydrogen) atoms. The SMILES string of the molecule is CCNC(=NCc1ccc(C)cc1OC(C)CC)NCCCCn1ccnc1C.I. The maximum absolute atomic E-state index is 6.11. The van der Waals surface area contributed by atoms with E-state index in [0.717, 1.165) is 62.0 Å². The van der Waals surface area contributed by atoms with E-state index in [9.17, 15) is 0 Å². The highest BCUT2D eigenvalue weighted by Gasteiger charge is 2.08. The fourth-order valence-corrected chi connectivity index (χ4v) is 2.96.